The quantitative estimate of drug-likeness (QED) is 0.895. The van der Waals surface area contributed by atoms with Crippen molar-refractivity contribution in [3.8, 4) is 0 Å². The Kier molecular flexibility index (Phi) is 3.12. The van der Waals surface area contributed by atoms with Gasteiger partial charge in [-0.1, -0.05) is 23.4 Å². The van der Waals surface area contributed by atoms with Gasteiger partial charge in [-0.15, -0.1) is 0 Å². The Morgan fingerprint density at radius 3 is 2.44 bits per heavy atom. The van der Waals surface area contributed by atoms with Crippen molar-refractivity contribution in [1.82, 2.24) is 9.78 Å². The van der Waals surface area contributed by atoms with Gasteiger partial charge >= 0.3 is 0 Å². The predicted octanol–water partition coefficient (Wildman–Crippen LogP) is 2.83. The SMILES string of the molecule is Cc1[nH]n(C)c(=O)c1Sc1ccc(Cl)cc1. The van der Waals surface area contributed by atoms with E-state index in [0.29, 0.717) is 5.02 Å². The number of hydrogen-bond donors (Lipinski definition) is 1. The van der Waals surface area contributed by atoms with E-state index in [1.54, 1.807) is 7.05 Å². The smallest absolute Gasteiger partial charge is 0.280 e. The lowest BCUT2D eigenvalue weighted by atomic mass is 10.4. The van der Waals surface area contributed by atoms with Crippen molar-refractivity contribution in [3.63, 3.8) is 0 Å². The van der Waals surface area contributed by atoms with E-state index in [0.717, 1.165) is 15.5 Å². The Hall–Kier alpha value is -1.13. The summed E-state index contributed by atoms with van der Waals surface area (Å²) in [5.41, 5.74) is 0.880. The van der Waals surface area contributed by atoms with Crippen LogP contribution in [-0.2, 0) is 7.05 Å². The zero-order valence-corrected chi connectivity index (χ0v) is 10.5. The molecule has 0 saturated heterocycles. The summed E-state index contributed by atoms with van der Waals surface area (Å²) in [6.07, 6.45) is 0. The normalized spacial score (nSPS) is 10.7. The molecule has 0 aliphatic heterocycles. The first-order valence-corrected chi connectivity index (χ1v) is 5.96. The molecule has 0 spiro atoms. The number of H-pyrrole nitrogens is 1. The van der Waals surface area contributed by atoms with Crippen LogP contribution in [0.15, 0.2) is 38.9 Å². The molecule has 16 heavy (non-hydrogen) atoms. The molecule has 1 aromatic heterocycles. The van der Waals surface area contributed by atoms with E-state index in [1.807, 2.05) is 31.2 Å². The highest BCUT2D eigenvalue weighted by Crippen LogP contribution is 2.27. The minimum Gasteiger partial charge on any atom is -0.299 e. The van der Waals surface area contributed by atoms with Crippen LogP contribution in [0.3, 0.4) is 0 Å². The molecule has 0 unspecified atom stereocenters. The first kappa shape index (κ1) is 11.4. The third-order valence-corrected chi connectivity index (χ3v) is 3.65. The molecule has 0 amide bonds. The molecule has 0 radical (unpaired) electrons. The van der Waals surface area contributed by atoms with Crippen LogP contribution >= 0.6 is 23.4 Å². The Morgan fingerprint density at radius 2 is 1.94 bits per heavy atom. The van der Waals surface area contributed by atoms with Crippen molar-refractivity contribution in [1.29, 1.82) is 0 Å². The second-order valence-electron chi connectivity index (χ2n) is 3.49. The maximum absolute atomic E-state index is 11.7. The monoisotopic (exact) mass is 254 g/mol. The maximum Gasteiger partial charge on any atom is 0.280 e. The van der Waals surface area contributed by atoms with Crippen LogP contribution in [0, 0.1) is 6.92 Å². The fourth-order valence-corrected chi connectivity index (χ4v) is 2.46. The molecule has 0 aliphatic carbocycles. The lowest BCUT2D eigenvalue weighted by molar-refractivity contribution is 0.729. The topological polar surface area (TPSA) is 37.8 Å². The summed E-state index contributed by atoms with van der Waals surface area (Å²) in [5.74, 6) is 0. The van der Waals surface area contributed by atoms with Crippen molar-refractivity contribution in [2.75, 3.05) is 0 Å². The van der Waals surface area contributed by atoms with Crippen molar-refractivity contribution >= 4 is 23.4 Å². The molecule has 84 valence electrons. The molecule has 3 nitrogen and oxygen atoms in total. The molecule has 1 heterocycles. The molecule has 0 aliphatic rings. The van der Waals surface area contributed by atoms with Gasteiger partial charge in [-0.25, -0.2) is 0 Å². The first-order chi connectivity index (χ1) is 7.58. The fourth-order valence-electron chi connectivity index (χ4n) is 1.41. The summed E-state index contributed by atoms with van der Waals surface area (Å²) in [6, 6.07) is 7.43. The molecule has 0 bridgehead atoms. The van der Waals surface area contributed by atoms with Crippen LogP contribution in [0.4, 0.5) is 0 Å². The highest BCUT2D eigenvalue weighted by atomic mass is 35.5. The van der Waals surface area contributed by atoms with Crippen LogP contribution in [0.5, 0.6) is 0 Å². The number of nitrogens with one attached hydrogen (secondary N) is 1. The van der Waals surface area contributed by atoms with E-state index in [2.05, 4.69) is 5.10 Å². The second-order valence-corrected chi connectivity index (χ2v) is 5.01. The van der Waals surface area contributed by atoms with Gasteiger partial charge in [0.15, 0.2) is 0 Å². The summed E-state index contributed by atoms with van der Waals surface area (Å²) >= 11 is 7.25. The average Bonchev–Trinajstić information content (AvgIpc) is 2.48. The lowest BCUT2D eigenvalue weighted by Gasteiger charge is -1.98. The Bertz CT molecular complexity index is 556. The summed E-state index contributed by atoms with van der Waals surface area (Å²) < 4.78 is 1.48. The van der Waals surface area contributed by atoms with E-state index in [9.17, 15) is 4.79 Å². The van der Waals surface area contributed by atoms with Crippen LogP contribution in [0.1, 0.15) is 5.69 Å². The van der Waals surface area contributed by atoms with Gasteiger partial charge in [-0.2, -0.15) is 0 Å². The highest BCUT2D eigenvalue weighted by molar-refractivity contribution is 7.99. The van der Waals surface area contributed by atoms with E-state index in [-0.39, 0.29) is 5.56 Å². The van der Waals surface area contributed by atoms with Crippen molar-refractivity contribution < 1.29 is 0 Å². The summed E-state index contributed by atoms with van der Waals surface area (Å²) in [5, 5.41) is 3.66. The van der Waals surface area contributed by atoms with Gasteiger partial charge in [0, 0.05) is 22.7 Å². The number of aromatic amines is 1. The van der Waals surface area contributed by atoms with Gasteiger partial charge in [0.25, 0.3) is 5.56 Å². The zero-order valence-electron chi connectivity index (χ0n) is 8.95. The number of benzene rings is 1. The largest absolute Gasteiger partial charge is 0.299 e. The average molecular weight is 255 g/mol. The minimum absolute atomic E-state index is 0.00236. The third kappa shape index (κ3) is 2.18. The first-order valence-electron chi connectivity index (χ1n) is 4.77. The zero-order chi connectivity index (χ0) is 11.7. The highest BCUT2D eigenvalue weighted by Gasteiger charge is 2.10. The minimum atomic E-state index is -0.00236. The van der Waals surface area contributed by atoms with Gasteiger partial charge in [0.2, 0.25) is 0 Å². The Labute approximate surface area is 102 Å². The number of aryl methyl sites for hydroxylation is 2. The molecule has 5 heteroatoms. The Balaban J connectivity index is 2.34. The molecule has 2 aromatic rings. The number of hydrogen-bond acceptors (Lipinski definition) is 2. The molecule has 1 N–H and O–H groups in total. The second kappa shape index (κ2) is 4.39. The van der Waals surface area contributed by atoms with Crippen molar-refractivity contribution in [2.24, 2.45) is 7.05 Å². The van der Waals surface area contributed by atoms with Crippen LogP contribution in [-0.4, -0.2) is 9.78 Å². The molecule has 2 rings (SSSR count). The standard InChI is InChI=1S/C11H11ClN2OS/c1-7-10(11(15)14(2)13-7)16-9-5-3-8(12)4-6-9/h3-6,13H,1-2H3. The van der Waals surface area contributed by atoms with Crippen LogP contribution < -0.4 is 5.56 Å². The molecule has 1 aromatic carbocycles. The van der Waals surface area contributed by atoms with Gasteiger partial charge in [0.1, 0.15) is 0 Å². The van der Waals surface area contributed by atoms with E-state index < -0.39 is 0 Å². The lowest BCUT2D eigenvalue weighted by Crippen LogP contribution is -2.12. The van der Waals surface area contributed by atoms with Gasteiger partial charge in [-0.05, 0) is 31.2 Å². The number of nitrogens with zero attached hydrogens (tertiary/aromatic N) is 1. The van der Waals surface area contributed by atoms with E-state index in [4.69, 9.17) is 11.6 Å². The molecular formula is C11H11ClN2OS. The fraction of sp³-hybridized carbons (Fsp3) is 0.182. The predicted molar refractivity (Wildman–Crippen MR) is 66.3 cm³/mol. The van der Waals surface area contributed by atoms with Gasteiger partial charge in [-0.3, -0.25) is 14.6 Å². The molecule has 0 saturated carbocycles. The van der Waals surface area contributed by atoms with Gasteiger partial charge in [0.05, 0.1) is 4.90 Å². The van der Waals surface area contributed by atoms with Crippen molar-refractivity contribution in [2.45, 2.75) is 16.7 Å². The van der Waals surface area contributed by atoms with Gasteiger partial charge < -0.3 is 0 Å². The Morgan fingerprint density at radius 1 is 1.31 bits per heavy atom. The maximum atomic E-state index is 11.7. The molecule has 0 fully saturated rings. The molecule has 0 atom stereocenters. The summed E-state index contributed by atoms with van der Waals surface area (Å²) in [4.78, 5) is 13.5. The third-order valence-electron chi connectivity index (χ3n) is 2.21. The number of rotatable bonds is 2. The van der Waals surface area contributed by atoms with Crippen LogP contribution in [0.2, 0.25) is 5.02 Å². The number of aromatic nitrogens is 2. The van der Waals surface area contributed by atoms with Crippen molar-refractivity contribution in [3.05, 3.63) is 45.3 Å². The molecular weight excluding hydrogens is 244 g/mol. The van der Waals surface area contributed by atoms with E-state index >= 15 is 0 Å². The summed E-state index contributed by atoms with van der Waals surface area (Å²) in [6.45, 7) is 1.89. The summed E-state index contributed by atoms with van der Waals surface area (Å²) in [7, 11) is 1.71. The van der Waals surface area contributed by atoms with Crippen LogP contribution in [0.25, 0.3) is 0 Å². The number of halogens is 1. The van der Waals surface area contributed by atoms with E-state index in [1.165, 1.54) is 16.4 Å².